The van der Waals surface area contributed by atoms with Crippen molar-refractivity contribution in [2.24, 2.45) is 0 Å². The Morgan fingerprint density at radius 1 is 0.400 bits per heavy atom. The van der Waals surface area contributed by atoms with Crippen LogP contribution in [0.2, 0.25) is 0 Å². The average molecular weight is 767 g/mol. The van der Waals surface area contributed by atoms with Gasteiger partial charge in [-0.05, 0) is 77.0 Å². The molecule has 0 amide bonds. The zero-order valence-electron chi connectivity index (χ0n) is 35.7. The van der Waals surface area contributed by atoms with Crippen LogP contribution in [0.25, 0.3) is 0 Å². The lowest BCUT2D eigenvalue weighted by molar-refractivity contribution is -0.167. The summed E-state index contributed by atoms with van der Waals surface area (Å²) in [5.41, 5.74) is 0. The minimum absolute atomic E-state index is 0.0962. The molecule has 55 heavy (non-hydrogen) atoms. The van der Waals surface area contributed by atoms with Gasteiger partial charge < -0.3 is 14.2 Å². The SMILES string of the molecule is CC/C=C\C/C=C\C/C=C\C/C=C\CCCCCC(=O)OCC(COC(=O)CCCCCCCCCCCC)OC(=O)CCCCC/C=C\C=C/CCCC. The molecule has 0 N–H and O–H groups in total. The van der Waals surface area contributed by atoms with Crippen molar-refractivity contribution >= 4 is 17.9 Å². The normalized spacial score (nSPS) is 12.7. The van der Waals surface area contributed by atoms with E-state index in [9.17, 15) is 14.4 Å². The summed E-state index contributed by atoms with van der Waals surface area (Å²) < 4.78 is 16.6. The quantitative estimate of drug-likeness (QED) is 0.0204. The van der Waals surface area contributed by atoms with Crippen molar-refractivity contribution in [1.82, 2.24) is 0 Å². The molecule has 0 aliphatic carbocycles. The van der Waals surface area contributed by atoms with Crippen molar-refractivity contribution in [3.63, 3.8) is 0 Å². The summed E-state index contributed by atoms with van der Waals surface area (Å²) in [5, 5.41) is 0. The molecule has 314 valence electrons. The molecule has 0 aliphatic rings. The fourth-order valence-corrected chi connectivity index (χ4v) is 5.82. The summed E-state index contributed by atoms with van der Waals surface area (Å²) in [6.07, 6.45) is 53.1. The lowest BCUT2D eigenvalue weighted by atomic mass is 10.1. The number of hydrogen-bond acceptors (Lipinski definition) is 6. The van der Waals surface area contributed by atoms with E-state index in [0.29, 0.717) is 12.8 Å². The van der Waals surface area contributed by atoms with E-state index < -0.39 is 6.10 Å². The molecule has 6 heteroatoms. The van der Waals surface area contributed by atoms with Gasteiger partial charge in [0.15, 0.2) is 6.10 Å². The summed E-state index contributed by atoms with van der Waals surface area (Å²) in [5.74, 6) is -0.965. The number of allylic oxidation sites excluding steroid dienone is 12. The Balaban J connectivity index is 4.46. The van der Waals surface area contributed by atoms with Crippen molar-refractivity contribution in [2.75, 3.05) is 13.2 Å². The van der Waals surface area contributed by atoms with Gasteiger partial charge in [-0.15, -0.1) is 0 Å². The number of rotatable bonds is 39. The van der Waals surface area contributed by atoms with Gasteiger partial charge in [0.05, 0.1) is 0 Å². The van der Waals surface area contributed by atoms with Gasteiger partial charge in [-0.3, -0.25) is 14.4 Å². The van der Waals surface area contributed by atoms with Crippen LogP contribution in [0.5, 0.6) is 0 Å². The molecule has 0 bridgehead atoms. The maximum absolute atomic E-state index is 12.7. The molecule has 0 aromatic rings. The van der Waals surface area contributed by atoms with Gasteiger partial charge in [0.2, 0.25) is 0 Å². The largest absolute Gasteiger partial charge is 0.462 e. The van der Waals surface area contributed by atoms with Gasteiger partial charge in [0.1, 0.15) is 13.2 Å². The van der Waals surface area contributed by atoms with Gasteiger partial charge in [0, 0.05) is 19.3 Å². The van der Waals surface area contributed by atoms with E-state index in [2.05, 4.69) is 93.7 Å². The van der Waals surface area contributed by atoms with Crippen LogP contribution < -0.4 is 0 Å². The van der Waals surface area contributed by atoms with Gasteiger partial charge in [-0.2, -0.15) is 0 Å². The zero-order chi connectivity index (χ0) is 40.1. The number of carbonyl (C=O) groups excluding carboxylic acids is 3. The van der Waals surface area contributed by atoms with Crippen molar-refractivity contribution in [2.45, 2.75) is 207 Å². The van der Waals surface area contributed by atoms with Gasteiger partial charge in [-0.25, -0.2) is 0 Å². The summed E-state index contributed by atoms with van der Waals surface area (Å²) in [6.45, 7) is 6.38. The number of unbranched alkanes of at least 4 members (excludes halogenated alkanes) is 17. The summed E-state index contributed by atoms with van der Waals surface area (Å²) >= 11 is 0. The van der Waals surface area contributed by atoms with Crippen LogP contribution in [-0.2, 0) is 28.6 Å². The van der Waals surface area contributed by atoms with E-state index in [-0.39, 0.29) is 37.5 Å². The molecule has 0 radical (unpaired) electrons. The maximum atomic E-state index is 12.7. The Kier molecular flexibility index (Phi) is 41.1. The Morgan fingerprint density at radius 2 is 0.782 bits per heavy atom. The third-order valence-corrected chi connectivity index (χ3v) is 9.22. The molecule has 1 atom stereocenters. The van der Waals surface area contributed by atoms with E-state index in [4.69, 9.17) is 14.2 Å². The molecule has 0 fully saturated rings. The van der Waals surface area contributed by atoms with Crippen LogP contribution >= 0.6 is 0 Å². The van der Waals surface area contributed by atoms with Crippen LogP contribution in [0.1, 0.15) is 201 Å². The third kappa shape index (κ3) is 41.8. The summed E-state index contributed by atoms with van der Waals surface area (Å²) in [6, 6.07) is 0. The van der Waals surface area contributed by atoms with Gasteiger partial charge >= 0.3 is 17.9 Å². The second-order valence-corrected chi connectivity index (χ2v) is 14.6. The summed E-state index contributed by atoms with van der Waals surface area (Å²) in [7, 11) is 0. The highest BCUT2D eigenvalue weighted by Crippen LogP contribution is 2.13. The molecular formula is C49H82O6. The highest BCUT2D eigenvalue weighted by atomic mass is 16.6. The zero-order valence-corrected chi connectivity index (χ0v) is 35.7. The molecule has 1 unspecified atom stereocenters. The lowest BCUT2D eigenvalue weighted by Crippen LogP contribution is -2.30. The second kappa shape index (κ2) is 43.6. The Hall–Kier alpha value is -3.15. The van der Waals surface area contributed by atoms with Crippen LogP contribution in [0.15, 0.2) is 72.9 Å². The molecule has 0 aromatic carbocycles. The monoisotopic (exact) mass is 767 g/mol. The molecular weight excluding hydrogens is 685 g/mol. The smallest absolute Gasteiger partial charge is 0.306 e. The first-order chi connectivity index (χ1) is 27.0. The highest BCUT2D eigenvalue weighted by molar-refractivity contribution is 5.71. The number of ether oxygens (including phenoxy) is 3. The number of esters is 3. The minimum Gasteiger partial charge on any atom is -0.462 e. The molecule has 0 saturated carbocycles. The fourth-order valence-electron chi connectivity index (χ4n) is 5.82. The van der Waals surface area contributed by atoms with E-state index in [1.165, 1.54) is 57.8 Å². The van der Waals surface area contributed by atoms with E-state index in [0.717, 1.165) is 103 Å². The van der Waals surface area contributed by atoms with Crippen molar-refractivity contribution in [1.29, 1.82) is 0 Å². The Morgan fingerprint density at radius 3 is 1.27 bits per heavy atom. The number of hydrogen-bond donors (Lipinski definition) is 0. The molecule has 0 rings (SSSR count). The standard InChI is InChI=1S/C49H82O6/c1-4-7-10-13-16-19-22-23-24-25-26-28-30-33-36-39-42-48(51)54-45-46(44-53-47(50)41-38-35-32-29-21-18-15-12-9-6-3)55-49(52)43-40-37-34-31-27-20-17-14-11-8-5-2/h7,10,14,16-17,19-20,23-24,26-28,46H,4-6,8-9,11-13,15,18,21-22,25,29-45H2,1-3H3/b10-7-,17-14-,19-16-,24-23-,27-20-,28-26-. The molecule has 0 spiro atoms. The maximum Gasteiger partial charge on any atom is 0.306 e. The highest BCUT2D eigenvalue weighted by Gasteiger charge is 2.19. The fraction of sp³-hybridized carbons (Fsp3) is 0.694. The van der Waals surface area contributed by atoms with Crippen molar-refractivity contribution in [3.05, 3.63) is 72.9 Å². The van der Waals surface area contributed by atoms with Crippen molar-refractivity contribution in [3.8, 4) is 0 Å². The van der Waals surface area contributed by atoms with E-state index in [1.54, 1.807) is 0 Å². The average Bonchev–Trinajstić information content (AvgIpc) is 3.18. The van der Waals surface area contributed by atoms with E-state index in [1.807, 2.05) is 0 Å². The Labute approximate surface area is 338 Å². The van der Waals surface area contributed by atoms with Crippen LogP contribution in [0.4, 0.5) is 0 Å². The molecule has 0 saturated heterocycles. The molecule has 6 nitrogen and oxygen atoms in total. The summed E-state index contributed by atoms with van der Waals surface area (Å²) in [4.78, 5) is 37.7. The lowest BCUT2D eigenvalue weighted by Gasteiger charge is -2.18. The minimum atomic E-state index is -0.798. The molecule has 0 heterocycles. The van der Waals surface area contributed by atoms with Gasteiger partial charge in [-0.1, -0.05) is 177 Å². The Bertz CT molecular complexity index is 1070. The molecule has 0 aromatic heterocycles. The first kappa shape index (κ1) is 51.9. The predicted molar refractivity (Wildman–Crippen MR) is 233 cm³/mol. The first-order valence-electron chi connectivity index (χ1n) is 22.5. The van der Waals surface area contributed by atoms with E-state index >= 15 is 0 Å². The van der Waals surface area contributed by atoms with Crippen molar-refractivity contribution < 1.29 is 28.6 Å². The van der Waals surface area contributed by atoms with Crippen LogP contribution in [-0.4, -0.2) is 37.2 Å². The van der Waals surface area contributed by atoms with Crippen LogP contribution in [0, 0.1) is 0 Å². The molecule has 0 aliphatic heterocycles. The van der Waals surface area contributed by atoms with Gasteiger partial charge in [0.25, 0.3) is 0 Å². The third-order valence-electron chi connectivity index (χ3n) is 9.22. The predicted octanol–water partition coefficient (Wildman–Crippen LogP) is 14.3. The first-order valence-corrected chi connectivity index (χ1v) is 22.5. The number of carbonyl (C=O) groups is 3. The second-order valence-electron chi connectivity index (χ2n) is 14.6. The topological polar surface area (TPSA) is 78.9 Å². The van der Waals surface area contributed by atoms with Crippen LogP contribution in [0.3, 0.4) is 0 Å².